The first kappa shape index (κ1) is 33.5. The molecule has 7 nitrogen and oxygen atoms in total. The first-order chi connectivity index (χ1) is 21.5. The fraction of sp³-hybridized carbons (Fsp3) is 0.242. The number of aromatic nitrogens is 1. The van der Waals surface area contributed by atoms with Crippen molar-refractivity contribution in [1.29, 1.82) is 0 Å². The summed E-state index contributed by atoms with van der Waals surface area (Å²) in [5.74, 6) is 0.564. The summed E-state index contributed by atoms with van der Waals surface area (Å²) < 4.78 is 21.2. The Morgan fingerprint density at radius 2 is 1.87 bits per heavy atom. The number of para-hydroxylation sites is 1. The zero-order valence-corrected chi connectivity index (χ0v) is 30.2. The molecular formula is C33H28Br2Cl2N2O5S. The average Bonchev–Trinajstić information content (AvgIpc) is 3.27. The van der Waals surface area contributed by atoms with Crippen molar-refractivity contribution in [1.82, 2.24) is 4.57 Å². The van der Waals surface area contributed by atoms with Crippen LogP contribution in [0.4, 0.5) is 0 Å². The SMILES string of the molecule is CCOC(=O)C1=C(C)N=c2s/c(=C\c3cc(Br)cc(Br)c3OCc3ccc(Cl)c(Cl)c3)c(=O)n2[C@H]1c1ccccc1OC(C)C. The molecule has 1 aliphatic rings. The molecule has 0 N–H and O–H groups in total. The molecule has 1 aliphatic heterocycles. The van der Waals surface area contributed by atoms with E-state index in [1.165, 1.54) is 11.3 Å². The fourth-order valence-electron chi connectivity index (χ4n) is 4.92. The zero-order chi connectivity index (χ0) is 32.4. The Balaban J connectivity index is 1.66. The van der Waals surface area contributed by atoms with Crippen LogP contribution in [0.25, 0.3) is 6.08 Å². The Morgan fingerprint density at radius 3 is 2.58 bits per heavy atom. The quantitative estimate of drug-likeness (QED) is 0.161. The molecule has 12 heteroatoms. The van der Waals surface area contributed by atoms with Gasteiger partial charge in [0.2, 0.25) is 0 Å². The van der Waals surface area contributed by atoms with Crippen molar-refractivity contribution in [2.24, 2.45) is 4.99 Å². The first-order valence-electron chi connectivity index (χ1n) is 14.0. The molecule has 1 aromatic heterocycles. The van der Waals surface area contributed by atoms with Crippen LogP contribution >= 0.6 is 66.4 Å². The normalized spacial score (nSPS) is 14.8. The van der Waals surface area contributed by atoms with Crippen LogP contribution in [0, 0.1) is 0 Å². The monoisotopic (exact) mass is 792 g/mol. The largest absolute Gasteiger partial charge is 0.491 e. The maximum atomic E-state index is 14.3. The number of nitrogens with zero attached hydrogens (tertiary/aromatic N) is 2. The third kappa shape index (κ3) is 7.25. The van der Waals surface area contributed by atoms with Gasteiger partial charge in [0, 0.05) is 15.6 Å². The molecule has 45 heavy (non-hydrogen) atoms. The molecule has 3 aromatic carbocycles. The third-order valence-corrected chi connectivity index (χ3v) is 9.55. The molecule has 234 valence electrons. The molecule has 0 aliphatic carbocycles. The number of allylic oxidation sites excluding steroid dienone is 1. The summed E-state index contributed by atoms with van der Waals surface area (Å²) in [4.78, 5) is 32.8. The van der Waals surface area contributed by atoms with E-state index < -0.39 is 12.0 Å². The second-order valence-electron chi connectivity index (χ2n) is 10.3. The number of carbonyl (C=O) groups excluding carboxylic acids is 1. The van der Waals surface area contributed by atoms with Crippen molar-refractivity contribution < 1.29 is 19.0 Å². The van der Waals surface area contributed by atoms with Crippen molar-refractivity contribution in [3.8, 4) is 11.5 Å². The van der Waals surface area contributed by atoms with Gasteiger partial charge in [0.25, 0.3) is 5.56 Å². The van der Waals surface area contributed by atoms with Crippen LogP contribution in [-0.4, -0.2) is 23.2 Å². The highest BCUT2D eigenvalue weighted by Crippen LogP contribution is 2.37. The van der Waals surface area contributed by atoms with Gasteiger partial charge in [0.05, 0.1) is 43.0 Å². The van der Waals surface area contributed by atoms with E-state index in [-0.39, 0.29) is 30.5 Å². The molecule has 0 fully saturated rings. The standard InChI is InChI=1S/C33H28Br2Cl2N2O5S/c1-5-42-32(41)28-18(4)38-33-39(29(28)22-8-6-7-9-26(22)44-17(2)3)31(40)27(45-33)14-20-13-21(34)15-23(35)30(20)43-16-19-10-11-24(36)25(37)12-19/h6-15,17,29H,5,16H2,1-4H3/b27-14-/t29-/m0/s1. The third-order valence-electron chi connectivity index (χ3n) is 6.78. The second kappa shape index (κ2) is 14.3. The topological polar surface area (TPSA) is 79.1 Å². The van der Waals surface area contributed by atoms with E-state index in [0.29, 0.717) is 52.2 Å². The molecule has 1 atom stereocenters. The lowest BCUT2D eigenvalue weighted by Crippen LogP contribution is -2.40. The van der Waals surface area contributed by atoms with Gasteiger partial charge in [0.1, 0.15) is 24.1 Å². The van der Waals surface area contributed by atoms with Crippen molar-refractivity contribution in [3.63, 3.8) is 0 Å². The van der Waals surface area contributed by atoms with Crippen molar-refractivity contribution in [3.05, 3.63) is 121 Å². The van der Waals surface area contributed by atoms with Gasteiger partial charge in [-0.3, -0.25) is 9.36 Å². The number of halogens is 4. The van der Waals surface area contributed by atoms with Crippen LogP contribution in [0.5, 0.6) is 11.5 Å². The van der Waals surface area contributed by atoms with E-state index in [0.717, 1.165) is 10.0 Å². The van der Waals surface area contributed by atoms with Crippen molar-refractivity contribution >= 4 is 78.4 Å². The van der Waals surface area contributed by atoms with E-state index in [1.807, 2.05) is 56.3 Å². The maximum absolute atomic E-state index is 14.3. The molecule has 4 aromatic rings. The highest BCUT2D eigenvalue weighted by molar-refractivity contribution is 9.11. The summed E-state index contributed by atoms with van der Waals surface area (Å²) in [5.41, 5.74) is 2.58. The van der Waals surface area contributed by atoms with Crippen LogP contribution in [-0.2, 0) is 16.1 Å². The molecule has 0 bridgehead atoms. The first-order valence-corrected chi connectivity index (χ1v) is 17.1. The summed E-state index contributed by atoms with van der Waals surface area (Å²) in [6.45, 7) is 7.74. The van der Waals surface area contributed by atoms with E-state index in [9.17, 15) is 9.59 Å². The molecule has 5 rings (SSSR count). The van der Waals surface area contributed by atoms with Gasteiger partial charge in [-0.2, -0.15) is 0 Å². The number of rotatable bonds is 9. The number of benzene rings is 3. The van der Waals surface area contributed by atoms with Gasteiger partial charge in [-0.1, -0.05) is 74.7 Å². The maximum Gasteiger partial charge on any atom is 0.338 e. The fourth-order valence-corrected chi connectivity index (χ4v) is 7.65. The van der Waals surface area contributed by atoms with Crippen molar-refractivity contribution in [2.45, 2.75) is 46.4 Å². The van der Waals surface area contributed by atoms with Gasteiger partial charge in [-0.25, -0.2) is 9.79 Å². The summed E-state index contributed by atoms with van der Waals surface area (Å²) in [6.07, 6.45) is 1.64. The number of esters is 1. The van der Waals surface area contributed by atoms with Crippen LogP contribution in [0.2, 0.25) is 10.0 Å². The Morgan fingerprint density at radius 1 is 1.11 bits per heavy atom. The van der Waals surface area contributed by atoms with Gasteiger partial charge in [-0.05, 0) is 85.6 Å². The minimum atomic E-state index is -0.808. The van der Waals surface area contributed by atoms with E-state index >= 15 is 0 Å². The molecule has 0 saturated carbocycles. The molecule has 0 amide bonds. The lowest BCUT2D eigenvalue weighted by atomic mass is 9.95. The smallest absolute Gasteiger partial charge is 0.338 e. The predicted molar refractivity (Wildman–Crippen MR) is 185 cm³/mol. The number of ether oxygens (including phenoxy) is 3. The highest BCUT2D eigenvalue weighted by Gasteiger charge is 2.35. The number of thiazole rings is 1. The average molecular weight is 795 g/mol. The van der Waals surface area contributed by atoms with E-state index in [4.69, 9.17) is 42.4 Å². The van der Waals surface area contributed by atoms with Crippen molar-refractivity contribution in [2.75, 3.05) is 6.61 Å². The number of carbonyl (C=O) groups is 1. The Bertz CT molecular complexity index is 2000. The highest BCUT2D eigenvalue weighted by atomic mass is 79.9. The Labute approximate surface area is 291 Å². The lowest BCUT2D eigenvalue weighted by molar-refractivity contribution is -0.139. The summed E-state index contributed by atoms with van der Waals surface area (Å²) in [5, 5.41) is 0.890. The van der Waals surface area contributed by atoms with Gasteiger partial charge >= 0.3 is 5.97 Å². The summed E-state index contributed by atoms with van der Waals surface area (Å²) >= 11 is 20.7. The van der Waals surface area contributed by atoms with E-state index in [2.05, 4.69) is 31.9 Å². The number of fused-ring (bicyclic) bond motifs is 1. The summed E-state index contributed by atoms with van der Waals surface area (Å²) in [6, 6.07) is 15.6. The minimum Gasteiger partial charge on any atom is -0.491 e. The molecule has 2 heterocycles. The minimum absolute atomic E-state index is 0.129. The van der Waals surface area contributed by atoms with Gasteiger partial charge < -0.3 is 14.2 Å². The zero-order valence-electron chi connectivity index (χ0n) is 24.7. The lowest BCUT2D eigenvalue weighted by Gasteiger charge is -2.26. The molecule has 0 spiro atoms. The van der Waals surface area contributed by atoms with E-state index in [1.54, 1.807) is 36.6 Å². The molecule has 0 radical (unpaired) electrons. The molecule has 0 saturated heterocycles. The Hall–Kier alpha value is -2.89. The number of hydrogen-bond acceptors (Lipinski definition) is 7. The Kier molecular flexibility index (Phi) is 10.6. The number of hydrogen-bond donors (Lipinski definition) is 0. The molecule has 0 unspecified atom stereocenters. The van der Waals surface area contributed by atoms with Gasteiger partial charge in [-0.15, -0.1) is 0 Å². The van der Waals surface area contributed by atoms with Crippen LogP contribution < -0.4 is 24.4 Å². The van der Waals surface area contributed by atoms with Crippen LogP contribution in [0.3, 0.4) is 0 Å². The molecular weight excluding hydrogens is 767 g/mol. The van der Waals surface area contributed by atoms with Gasteiger partial charge in [0.15, 0.2) is 4.80 Å². The summed E-state index contributed by atoms with van der Waals surface area (Å²) in [7, 11) is 0. The second-order valence-corrected chi connectivity index (χ2v) is 13.9. The van der Waals surface area contributed by atoms with Crippen LogP contribution in [0.15, 0.2) is 84.6 Å². The predicted octanol–water partition coefficient (Wildman–Crippen LogP) is 8.00. The van der Waals surface area contributed by atoms with Crippen LogP contribution in [0.1, 0.15) is 50.4 Å².